The SMILES string of the molecule is NC(=O)Cc1c(S(=O)(=O)Cc2ccccc2)c2ccccc2n1CC1CCCCC1. The van der Waals surface area contributed by atoms with E-state index in [1.165, 1.54) is 19.3 Å². The molecule has 158 valence electrons. The third-order valence-electron chi connectivity index (χ3n) is 6.05. The van der Waals surface area contributed by atoms with Gasteiger partial charge in [0.15, 0.2) is 9.84 Å². The van der Waals surface area contributed by atoms with Gasteiger partial charge in [0.05, 0.1) is 17.1 Å². The summed E-state index contributed by atoms with van der Waals surface area (Å²) in [5, 5.41) is 0.681. The zero-order valence-corrected chi connectivity index (χ0v) is 17.9. The zero-order valence-electron chi connectivity index (χ0n) is 17.1. The molecule has 0 spiro atoms. The fourth-order valence-electron chi connectivity index (χ4n) is 4.71. The van der Waals surface area contributed by atoms with Crippen LogP contribution in [0.25, 0.3) is 10.9 Å². The first-order valence-corrected chi connectivity index (χ1v) is 12.3. The summed E-state index contributed by atoms with van der Waals surface area (Å²) < 4.78 is 29.2. The van der Waals surface area contributed by atoms with Crippen molar-refractivity contribution in [1.29, 1.82) is 0 Å². The first kappa shape index (κ1) is 20.7. The van der Waals surface area contributed by atoms with Crippen molar-refractivity contribution >= 4 is 26.6 Å². The molecule has 0 aliphatic heterocycles. The smallest absolute Gasteiger partial charge is 0.223 e. The number of nitrogens with zero attached hydrogens (tertiary/aromatic N) is 1. The van der Waals surface area contributed by atoms with Crippen molar-refractivity contribution in [2.75, 3.05) is 0 Å². The molecular formula is C24H28N2O3S. The first-order valence-electron chi connectivity index (χ1n) is 10.6. The molecule has 1 saturated carbocycles. The molecule has 4 rings (SSSR count). The molecule has 1 heterocycles. The van der Waals surface area contributed by atoms with Crippen LogP contribution in [0.2, 0.25) is 0 Å². The van der Waals surface area contributed by atoms with E-state index in [4.69, 9.17) is 5.73 Å². The number of rotatable bonds is 7. The van der Waals surface area contributed by atoms with Crippen molar-refractivity contribution in [3.05, 3.63) is 65.9 Å². The van der Waals surface area contributed by atoms with Gasteiger partial charge in [0, 0.05) is 23.1 Å². The van der Waals surface area contributed by atoms with E-state index in [1.807, 2.05) is 59.2 Å². The van der Waals surface area contributed by atoms with E-state index in [2.05, 4.69) is 0 Å². The number of hydrogen-bond acceptors (Lipinski definition) is 3. The van der Waals surface area contributed by atoms with Crippen molar-refractivity contribution < 1.29 is 13.2 Å². The van der Waals surface area contributed by atoms with E-state index in [1.54, 1.807) is 0 Å². The highest BCUT2D eigenvalue weighted by Crippen LogP contribution is 2.35. The Labute approximate surface area is 177 Å². The fraction of sp³-hybridized carbons (Fsp3) is 0.375. The van der Waals surface area contributed by atoms with Crippen LogP contribution in [0.15, 0.2) is 59.5 Å². The first-order chi connectivity index (χ1) is 14.5. The standard InChI is InChI=1S/C24H28N2O3S/c25-23(27)15-22-24(30(28,29)17-19-11-5-2-6-12-19)20-13-7-8-14-21(20)26(22)16-18-9-3-1-4-10-18/h2,5-8,11-14,18H,1,3-4,9-10,15-17H2,(H2,25,27). The molecule has 6 heteroatoms. The molecule has 5 nitrogen and oxygen atoms in total. The van der Waals surface area contributed by atoms with Crippen LogP contribution in [0.3, 0.4) is 0 Å². The molecular weight excluding hydrogens is 396 g/mol. The van der Waals surface area contributed by atoms with E-state index < -0.39 is 15.7 Å². The molecule has 0 saturated heterocycles. The summed E-state index contributed by atoms with van der Waals surface area (Å²) in [4.78, 5) is 12.2. The molecule has 1 aromatic heterocycles. The van der Waals surface area contributed by atoms with Crippen LogP contribution in [-0.2, 0) is 33.4 Å². The average Bonchev–Trinajstić information content (AvgIpc) is 3.02. The lowest BCUT2D eigenvalue weighted by Crippen LogP contribution is -2.21. The lowest BCUT2D eigenvalue weighted by atomic mass is 9.89. The quantitative estimate of drug-likeness (QED) is 0.616. The lowest BCUT2D eigenvalue weighted by Gasteiger charge is -2.24. The number of nitrogens with two attached hydrogens (primary N) is 1. The molecule has 1 aliphatic carbocycles. The van der Waals surface area contributed by atoms with E-state index in [0.29, 0.717) is 17.0 Å². The maximum absolute atomic E-state index is 13.6. The number of sulfone groups is 1. The molecule has 1 amide bonds. The number of benzene rings is 2. The van der Waals surface area contributed by atoms with Crippen LogP contribution < -0.4 is 5.73 Å². The molecule has 1 fully saturated rings. The van der Waals surface area contributed by atoms with Crippen molar-refractivity contribution in [3.8, 4) is 0 Å². The second-order valence-electron chi connectivity index (χ2n) is 8.30. The highest BCUT2D eigenvalue weighted by atomic mass is 32.2. The molecule has 3 aromatic rings. The van der Waals surface area contributed by atoms with Gasteiger partial charge in [0.2, 0.25) is 5.91 Å². The second-order valence-corrected chi connectivity index (χ2v) is 10.2. The van der Waals surface area contributed by atoms with Gasteiger partial charge in [-0.3, -0.25) is 4.79 Å². The van der Waals surface area contributed by atoms with E-state index in [9.17, 15) is 13.2 Å². The van der Waals surface area contributed by atoms with Gasteiger partial charge in [-0.15, -0.1) is 0 Å². The van der Waals surface area contributed by atoms with Gasteiger partial charge >= 0.3 is 0 Å². The third kappa shape index (κ3) is 4.29. The normalized spacial score (nSPS) is 15.5. The summed E-state index contributed by atoms with van der Waals surface area (Å²) in [6.07, 6.45) is 5.85. The van der Waals surface area contributed by atoms with E-state index in [-0.39, 0.29) is 17.1 Å². The number of fused-ring (bicyclic) bond motifs is 1. The predicted molar refractivity (Wildman–Crippen MR) is 119 cm³/mol. The molecule has 2 N–H and O–H groups in total. The fourth-order valence-corrected chi connectivity index (χ4v) is 6.54. The summed E-state index contributed by atoms with van der Waals surface area (Å²) in [7, 11) is -3.66. The highest BCUT2D eigenvalue weighted by Gasteiger charge is 2.29. The molecule has 0 atom stereocenters. The number of carbonyl (C=O) groups is 1. The van der Waals surface area contributed by atoms with Gasteiger partial charge in [0.25, 0.3) is 0 Å². The van der Waals surface area contributed by atoms with E-state index in [0.717, 1.165) is 30.5 Å². The number of primary amides is 1. The third-order valence-corrected chi connectivity index (χ3v) is 7.84. The topological polar surface area (TPSA) is 82.2 Å². The average molecular weight is 425 g/mol. The van der Waals surface area contributed by atoms with Crippen molar-refractivity contribution in [2.45, 2.75) is 55.7 Å². The van der Waals surface area contributed by atoms with Crippen LogP contribution >= 0.6 is 0 Å². The monoisotopic (exact) mass is 424 g/mol. The molecule has 0 bridgehead atoms. The number of hydrogen-bond donors (Lipinski definition) is 1. The van der Waals surface area contributed by atoms with Crippen molar-refractivity contribution in [3.63, 3.8) is 0 Å². The highest BCUT2D eigenvalue weighted by molar-refractivity contribution is 7.91. The van der Waals surface area contributed by atoms with Gasteiger partial charge in [-0.1, -0.05) is 67.8 Å². The molecule has 1 aliphatic rings. The van der Waals surface area contributed by atoms with Gasteiger partial charge in [0.1, 0.15) is 0 Å². The second kappa shape index (κ2) is 8.64. The number of aromatic nitrogens is 1. The van der Waals surface area contributed by atoms with Crippen LogP contribution in [0.4, 0.5) is 0 Å². The minimum Gasteiger partial charge on any atom is -0.369 e. The Morgan fingerprint density at radius 2 is 1.63 bits per heavy atom. The Hall–Kier alpha value is -2.60. The summed E-state index contributed by atoms with van der Waals surface area (Å²) in [6, 6.07) is 16.7. The molecule has 0 radical (unpaired) electrons. The number of carbonyl (C=O) groups excluding carboxylic acids is 1. The van der Waals surface area contributed by atoms with Crippen LogP contribution in [0.5, 0.6) is 0 Å². The van der Waals surface area contributed by atoms with Crippen LogP contribution in [0, 0.1) is 5.92 Å². The van der Waals surface area contributed by atoms with Crippen LogP contribution in [-0.4, -0.2) is 18.9 Å². The number of amides is 1. The maximum Gasteiger partial charge on any atom is 0.223 e. The van der Waals surface area contributed by atoms with Gasteiger partial charge in [-0.05, 0) is 30.4 Å². The summed E-state index contributed by atoms with van der Waals surface area (Å²) in [5.41, 5.74) is 7.69. The largest absolute Gasteiger partial charge is 0.369 e. The lowest BCUT2D eigenvalue weighted by molar-refractivity contribution is -0.117. The minimum atomic E-state index is -3.66. The Balaban J connectivity index is 1.86. The molecule has 30 heavy (non-hydrogen) atoms. The predicted octanol–water partition coefficient (Wildman–Crippen LogP) is 4.22. The minimum absolute atomic E-state index is 0.0786. The maximum atomic E-state index is 13.6. The summed E-state index contributed by atoms with van der Waals surface area (Å²) in [5.74, 6) is -0.124. The van der Waals surface area contributed by atoms with Crippen molar-refractivity contribution in [1.82, 2.24) is 4.57 Å². The Kier molecular flexibility index (Phi) is 5.95. The van der Waals surface area contributed by atoms with E-state index >= 15 is 0 Å². The van der Waals surface area contributed by atoms with Gasteiger partial charge < -0.3 is 10.3 Å². The summed E-state index contributed by atoms with van der Waals surface area (Å²) >= 11 is 0. The Morgan fingerprint density at radius 1 is 0.967 bits per heavy atom. The van der Waals surface area contributed by atoms with Gasteiger partial charge in [-0.25, -0.2) is 8.42 Å². The molecule has 0 unspecified atom stereocenters. The number of para-hydroxylation sites is 1. The zero-order chi connectivity index (χ0) is 21.1. The van der Waals surface area contributed by atoms with Crippen molar-refractivity contribution in [2.24, 2.45) is 11.7 Å². The summed E-state index contributed by atoms with van der Waals surface area (Å²) in [6.45, 7) is 0.726. The Bertz CT molecular complexity index is 1140. The van der Waals surface area contributed by atoms with Gasteiger partial charge in [-0.2, -0.15) is 0 Å². The van der Waals surface area contributed by atoms with Crippen LogP contribution in [0.1, 0.15) is 43.4 Å². The Morgan fingerprint density at radius 3 is 2.33 bits per heavy atom. The molecule has 2 aromatic carbocycles.